The summed E-state index contributed by atoms with van der Waals surface area (Å²) in [6.07, 6.45) is 2.77. The van der Waals surface area contributed by atoms with Crippen LogP contribution >= 0.6 is 12.4 Å². The van der Waals surface area contributed by atoms with Crippen LogP contribution in [0.1, 0.15) is 31.2 Å². The Labute approximate surface area is 172 Å². The fourth-order valence-electron chi connectivity index (χ4n) is 3.20. The molecule has 1 unspecified atom stereocenters. The number of hydrogen-bond donors (Lipinski definition) is 3. The summed E-state index contributed by atoms with van der Waals surface area (Å²) in [5.41, 5.74) is 6.05. The van der Waals surface area contributed by atoms with Crippen LogP contribution in [-0.2, 0) is 30.8 Å². The minimum Gasteiger partial charge on any atom is -0.381 e. The normalized spacial score (nSPS) is 21.7. The highest BCUT2D eigenvalue weighted by molar-refractivity contribution is 7.89. The van der Waals surface area contributed by atoms with E-state index < -0.39 is 15.6 Å². The van der Waals surface area contributed by atoms with Gasteiger partial charge in [0.25, 0.3) is 0 Å². The number of carbonyl (C=O) groups excluding carboxylic acids is 1. The molecule has 1 aromatic carbocycles. The van der Waals surface area contributed by atoms with Gasteiger partial charge in [0.2, 0.25) is 15.9 Å². The third kappa shape index (κ3) is 5.88. The molecule has 1 amide bonds. The minimum absolute atomic E-state index is 0. The molecule has 2 aliphatic heterocycles. The van der Waals surface area contributed by atoms with Gasteiger partial charge in [-0.05, 0) is 43.4 Å². The number of sulfonamides is 1. The monoisotopic (exact) mass is 433 g/mol. The Balaban J connectivity index is 0.00000280. The fourth-order valence-corrected chi connectivity index (χ4v) is 4.27. The van der Waals surface area contributed by atoms with Crippen LogP contribution in [0.4, 0.5) is 0 Å². The molecule has 0 aromatic heterocycles. The summed E-state index contributed by atoms with van der Waals surface area (Å²) in [5, 5.41) is 2.83. The van der Waals surface area contributed by atoms with Crippen LogP contribution in [0, 0.1) is 0 Å². The van der Waals surface area contributed by atoms with Gasteiger partial charge in [0.1, 0.15) is 0 Å². The van der Waals surface area contributed by atoms with Gasteiger partial charge in [-0.1, -0.05) is 12.1 Å². The van der Waals surface area contributed by atoms with E-state index in [1.54, 1.807) is 12.1 Å². The molecule has 1 aromatic rings. The quantitative estimate of drug-likeness (QED) is 0.582. The maximum absolute atomic E-state index is 12.4. The third-order valence-corrected chi connectivity index (χ3v) is 6.49. The summed E-state index contributed by atoms with van der Waals surface area (Å²) >= 11 is 0. The zero-order valence-corrected chi connectivity index (χ0v) is 17.3. The van der Waals surface area contributed by atoms with Crippen molar-refractivity contribution in [3.63, 3.8) is 0 Å². The fraction of sp³-hybridized carbons (Fsp3) is 0.611. The van der Waals surface area contributed by atoms with E-state index in [1.807, 2.05) is 0 Å². The van der Waals surface area contributed by atoms with E-state index in [1.165, 1.54) is 12.1 Å². The van der Waals surface area contributed by atoms with Gasteiger partial charge in [-0.3, -0.25) is 4.79 Å². The maximum atomic E-state index is 12.4. The molecule has 2 saturated heterocycles. The van der Waals surface area contributed by atoms with Crippen molar-refractivity contribution in [2.75, 3.05) is 26.4 Å². The van der Waals surface area contributed by atoms with E-state index in [0.717, 1.165) is 18.4 Å². The van der Waals surface area contributed by atoms with Crippen molar-refractivity contribution in [3.05, 3.63) is 29.8 Å². The number of amides is 1. The number of benzene rings is 1. The average molecular weight is 434 g/mol. The van der Waals surface area contributed by atoms with Gasteiger partial charge < -0.3 is 20.5 Å². The van der Waals surface area contributed by atoms with Crippen LogP contribution in [0.15, 0.2) is 29.2 Å². The van der Waals surface area contributed by atoms with Crippen molar-refractivity contribution in [1.29, 1.82) is 0 Å². The lowest BCUT2D eigenvalue weighted by molar-refractivity contribution is -0.129. The Kier molecular flexibility index (Phi) is 8.23. The maximum Gasteiger partial charge on any atom is 0.240 e. The number of carbonyl (C=O) groups is 1. The number of ether oxygens (including phenoxy) is 2. The molecule has 28 heavy (non-hydrogen) atoms. The molecule has 4 N–H and O–H groups in total. The van der Waals surface area contributed by atoms with Crippen molar-refractivity contribution in [2.45, 2.75) is 48.8 Å². The first-order chi connectivity index (χ1) is 12.9. The number of hydrogen-bond acceptors (Lipinski definition) is 6. The first-order valence-electron chi connectivity index (χ1n) is 9.24. The molecule has 8 nitrogen and oxygen atoms in total. The van der Waals surface area contributed by atoms with Crippen LogP contribution in [0.5, 0.6) is 0 Å². The molecule has 10 heteroatoms. The van der Waals surface area contributed by atoms with Crippen LogP contribution in [0.2, 0.25) is 0 Å². The molecule has 2 heterocycles. The van der Waals surface area contributed by atoms with Crippen molar-refractivity contribution in [3.8, 4) is 0 Å². The summed E-state index contributed by atoms with van der Waals surface area (Å²) in [4.78, 5) is 12.5. The van der Waals surface area contributed by atoms with Gasteiger partial charge in [0.05, 0.1) is 16.5 Å². The predicted molar refractivity (Wildman–Crippen MR) is 107 cm³/mol. The first-order valence-corrected chi connectivity index (χ1v) is 10.7. The lowest BCUT2D eigenvalue weighted by atomic mass is 9.90. The second-order valence-electron chi connectivity index (χ2n) is 7.08. The molecule has 0 bridgehead atoms. The van der Waals surface area contributed by atoms with Crippen molar-refractivity contribution < 1.29 is 22.7 Å². The van der Waals surface area contributed by atoms with E-state index in [-0.39, 0.29) is 35.9 Å². The second kappa shape index (κ2) is 10.00. The highest BCUT2D eigenvalue weighted by Gasteiger charge is 2.35. The molecular weight excluding hydrogens is 406 g/mol. The lowest BCUT2D eigenvalue weighted by Crippen LogP contribution is -2.56. The van der Waals surface area contributed by atoms with Gasteiger partial charge in [-0.25, -0.2) is 13.1 Å². The summed E-state index contributed by atoms with van der Waals surface area (Å²) in [5.74, 6) is -0.208. The Hall–Kier alpha value is -1.23. The SMILES string of the molecule is Cl.NC1(C(=O)NCc2ccc(S(=O)(=O)NCC3CCCO3)cc2)CCOCC1. The average Bonchev–Trinajstić information content (AvgIpc) is 3.19. The van der Waals surface area contributed by atoms with Gasteiger partial charge in [-0.15, -0.1) is 12.4 Å². The summed E-state index contributed by atoms with van der Waals surface area (Å²) in [6.45, 7) is 2.22. The third-order valence-electron chi connectivity index (χ3n) is 5.05. The van der Waals surface area contributed by atoms with Gasteiger partial charge in [0, 0.05) is 32.9 Å². The lowest BCUT2D eigenvalue weighted by Gasteiger charge is -2.31. The molecule has 2 aliphatic rings. The molecule has 3 rings (SSSR count). The van der Waals surface area contributed by atoms with Gasteiger partial charge in [-0.2, -0.15) is 0 Å². The number of halogens is 1. The zero-order valence-electron chi connectivity index (χ0n) is 15.7. The Bertz CT molecular complexity index is 745. The van der Waals surface area contributed by atoms with Crippen LogP contribution in [0.3, 0.4) is 0 Å². The van der Waals surface area contributed by atoms with E-state index in [0.29, 0.717) is 39.2 Å². The molecule has 2 fully saturated rings. The second-order valence-corrected chi connectivity index (χ2v) is 8.85. The van der Waals surface area contributed by atoms with E-state index in [2.05, 4.69) is 10.0 Å². The number of nitrogens with one attached hydrogen (secondary N) is 2. The van der Waals surface area contributed by atoms with Gasteiger partial charge >= 0.3 is 0 Å². The first kappa shape index (κ1) is 23.1. The van der Waals surface area contributed by atoms with E-state index >= 15 is 0 Å². The summed E-state index contributed by atoms with van der Waals surface area (Å²) in [6, 6.07) is 6.44. The van der Waals surface area contributed by atoms with Crippen LogP contribution < -0.4 is 15.8 Å². The van der Waals surface area contributed by atoms with Crippen molar-refractivity contribution in [2.24, 2.45) is 5.73 Å². The van der Waals surface area contributed by atoms with Crippen molar-refractivity contribution >= 4 is 28.3 Å². The highest BCUT2D eigenvalue weighted by atomic mass is 35.5. The Morgan fingerprint density at radius 2 is 1.86 bits per heavy atom. The van der Waals surface area contributed by atoms with E-state index in [4.69, 9.17) is 15.2 Å². The highest BCUT2D eigenvalue weighted by Crippen LogP contribution is 2.18. The zero-order chi connectivity index (χ0) is 19.3. The molecule has 1 atom stereocenters. The standard InChI is InChI=1S/C18H27N3O5S.ClH/c19-18(7-10-25-11-8-18)17(22)20-12-14-3-5-16(6-4-14)27(23,24)21-13-15-2-1-9-26-15;/h3-6,15,21H,1-2,7-13,19H2,(H,20,22);1H. The Morgan fingerprint density at radius 3 is 2.46 bits per heavy atom. The minimum atomic E-state index is -3.57. The molecule has 0 spiro atoms. The molecule has 0 aliphatic carbocycles. The summed E-state index contributed by atoms with van der Waals surface area (Å²) < 4.78 is 38.0. The largest absolute Gasteiger partial charge is 0.381 e. The number of rotatable bonds is 7. The van der Waals surface area contributed by atoms with Gasteiger partial charge in [0.15, 0.2) is 0 Å². The predicted octanol–water partition coefficient (Wildman–Crippen LogP) is 0.690. The molecule has 0 saturated carbocycles. The molecular formula is C18H28ClN3O5S. The molecule has 0 radical (unpaired) electrons. The molecule has 158 valence electrons. The smallest absolute Gasteiger partial charge is 0.240 e. The van der Waals surface area contributed by atoms with Crippen LogP contribution in [-0.4, -0.2) is 52.3 Å². The van der Waals surface area contributed by atoms with E-state index in [9.17, 15) is 13.2 Å². The Morgan fingerprint density at radius 1 is 1.18 bits per heavy atom. The topological polar surface area (TPSA) is 120 Å². The summed E-state index contributed by atoms with van der Waals surface area (Å²) in [7, 11) is -3.57. The number of nitrogens with two attached hydrogens (primary N) is 1. The van der Waals surface area contributed by atoms with Crippen LogP contribution in [0.25, 0.3) is 0 Å². The van der Waals surface area contributed by atoms with Crippen molar-refractivity contribution in [1.82, 2.24) is 10.0 Å².